The van der Waals surface area contributed by atoms with Crippen LogP contribution in [0.25, 0.3) is 22.6 Å². The van der Waals surface area contributed by atoms with Gasteiger partial charge in [-0.05, 0) is 54.7 Å². The highest BCUT2D eigenvalue weighted by atomic mass is 32.1. The van der Waals surface area contributed by atoms with Crippen molar-refractivity contribution in [2.75, 3.05) is 12.4 Å². The van der Waals surface area contributed by atoms with Crippen molar-refractivity contribution < 1.29 is 18.9 Å². The van der Waals surface area contributed by atoms with Gasteiger partial charge in [0.15, 0.2) is 10.7 Å². The van der Waals surface area contributed by atoms with Crippen LogP contribution in [0.2, 0.25) is 0 Å². The van der Waals surface area contributed by atoms with Gasteiger partial charge in [-0.2, -0.15) is 0 Å². The number of benzene rings is 3. The largest absolute Gasteiger partial charge is 0.495 e. The lowest BCUT2D eigenvalue weighted by Gasteiger charge is -2.13. The highest BCUT2D eigenvalue weighted by Crippen LogP contribution is 2.31. The van der Waals surface area contributed by atoms with Crippen LogP contribution in [0, 0.1) is 10.1 Å². The summed E-state index contributed by atoms with van der Waals surface area (Å²) in [5.41, 5.74) is 2.71. The number of amides is 1. The number of nitro benzene ring substituents is 1. The molecule has 160 valence electrons. The van der Waals surface area contributed by atoms with E-state index in [-0.39, 0.29) is 16.4 Å². The SMILES string of the molecule is COc1ccc(-c2nc3ccccc3o2)cc1NC(=S)NC(=O)c1ccc([N+](=O)[O-])cc1. The van der Waals surface area contributed by atoms with Gasteiger partial charge in [0, 0.05) is 23.3 Å². The van der Waals surface area contributed by atoms with E-state index in [1.807, 2.05) is 24.3 Å². The molecular weight excluding hydrogens is 432 g/mol. The minimum Gasteiger partial charge on any atom is -0.495 e. The Balaban J connectivity index is 1.52. The third-order valence-electron chi connectivity index (χ3n) is 4.56. The molecule has 10 heteroatoms. The van der Waals surface area contributed by atoms with Gasteiger partial charge >= 0.3 is 0 Å². The maximum absolute atomic E-state index is 12.4. The summed E-state index contributed by atoms with van der Waals surface area (Å²) in [5, 5.41) is 16.3. The number of rotatable bonds is 5. The summed E-state index contributed by atoms with van der Waals surface area (Å²) >= 11 is 5.25. The van der Waals surface area contributed by atoms with E-state index in [9.17, 15) is 14.9 Å². The third-order valence-corrected chi connectivity index (χ3v) is 4.76. The number of methoxy groups -OCH3 is 1. The van der Waals surface area contributed by atoms with Crippen molar-refractivity contribution in [3.63, 3.8) is 0 Å². The van der Waals surface area contributed by atoms with Gasteiger partial charge in [0.05, 0.1) is 17.7 Å². The number of nitrogens with one attached hydrogen (secondary N) is 2. The molecule has 0 aliphatic carbocycles. The fourth-order valence-corrected chi connectivity index (χ4v) is 3.20. The molecule has 3 aromatic carbocycles. The van der Waals surface area contributed by atoms with Gasteiger partial charge in [-0.25, -0.2) is 4.98 Å². The lowest BCUT2D eigenvalue weighted by molar-refractivity contribution is -0.384. The van der Waals surface area contributed by atoms with Crippen molar-refractivity contribution in [3.8, 4) is 17.2 Å². The van der Waals surface area contributed by atoms with Crippen LogP contribution in [0.5, 0.6) is 5.75 Å². The Labute approximate surface area is 187 Å². The molecule has 0 saturated heterocycles. The number of nitrogens with zero attached hydrogens (tertiary/aromatic N) is 2. The average molecular weight is 448 g/mol. The summed E-state index contributed by atoms with van der Waals surface area (Å²) in [6.07, 6.45) is 0. The number of fused-ring (bicyclic) bond motifs is 1. The second-order valence-electron chi connectivity index (χ2n) is 6.61. The quantitative estimate of drug-likeness (QED) is 0.259. The summed E-state index contributed by atoms with van der Waals surface area (Å²) in [6, 6.07) is 17.9. The maximum Gasteiger partial charge on any atom is 0.269 e. The number of oxazole rings is 1. The number of ether oxygens (including phenoxy) is 1. The number of carbonyl (C=O) groups is 1. The highest BCUT2D eigenvalue weighted by molar-refractivity contribution is 7.80. The molecule has 4 rings (SSSR count). The molecule has 0 aliphatic heterocycles. The van der Waals surface area contributed by atoms with Crippen LogP contribution in [0.4, 0.5) is 11.4 Å². The Hall–Kier alpha value is -4.31. The topological polar surface area (TPSA) is 120 Å². The zero-order valence-electron chi connectivity index (χ0n) is 16.7. The average Bonchev–Trinajstić information content (AvgIpc) is 3.23. The normalized spacial score (nSPS) is 10.5. The first kappa shape index (κ1) is 20.9. The van der Waals surface area contributed by atoms with E-state index in [2.05, 4.69) is 15.6 Å². The van der Waals surface area contributed by atoms with Gasteiger partial charge in [-0.3, -0.25) is 20.2 Å². The molecule has 0 saturated carbocycles. The molecule has 2 N–H and O–H groups in total. The number of para-hydroxylation sites is 2. The number of nitro groups is 1. The monoisotopic (exact) mass is 448 g/mol. The van der Waals surface area contributed by atoms with Crippen molar-refractivity contribution in [1.82, 2.24) is 10.3 Å². The number of anilines is 1. The van der Waals surface area contributed by atoms with Gasteiger partial charge < -0.3 is 14.5 Å². The third kappa shape index (κ3) is 4.40. The molecule has 9 nitrogen and oxygen atoms in total. The highest BCUT2D eigenvalue weighted by Gasteiger charge is 2.14. The number of hydrogen-bond donors (Lipinski definition) is 2. The van der Waals surface area contributed by atoms with Gasteiger partial charge in [0.1, 0.15) is 11.3 Å². The van der Waals surface area contributed by atoms with Crippen LogP contribution in [-0.4, -0.2) is 28.0 Å². The molecule has 4 aromatic rings. The van der Waals surface area contributed by atoms with Gasteiger partial charge in [-0.1, -0.05) is 12.1 Å². The van der Waals surface area contributed by atoms with E-state index in [1.165, 1.54) is 31.4 Å². The van der Waals surface area contributed by atoms with E-state index >= 15 is 0 Å². The number of thiocarbonyl (C=S) groups is 1. The zero-order chi connectivity index (χ0) is 22.7. The van der Waals surface area contributed by atoms with Crippen LogP contribution in [0.3, 0.4) is 0 Å². The fraction of sp³-hybridized carbons (Fsp3) is 0.0455. The van der Waals surface area contributed by atoms with E-state index in [0.29, 0.717) is 28.5 Å². The molecule has 0 radical (unpaired) electrons. The Morgan fingerprint density at radius 3 is 2.56 bits per heavy atom. The molecule has 1 amide bonds. The molecular formula is C22H16N4O5S. The van der Waals surface area contributed by atoms with Gasteiger partial charge in [-0.15, -0.1) is 0 Å². The van der Waals surface area contributed by atoms with E-state index in [0.717, 1.165) is 5.52 Å². The fourth-order valence-electron chi connectivity index (χ4n) is 3.00. The number of hydrogen-bond acceptors (Lipinski definition) is 7. The molecule has 0 fully saturated rings. The van der Waals surface area contributed by atoms with Crippen LogP contribution < -0.4 is 15.4 Å². The Morgan fingerprint density at radius 1 is 1.12 bits per heavy atom. The summed E-state index contributed by atoms with van der Waals surface area (Å²) < 4.78 is 11.2. The second kappa shape index (κ2) is 8.82. The molecule has 0 unspecified atom stereocenters. The predicted molar refractivity (Wildman–Crippen MR) is 123 cm³/mol. The minimum atomic E-state index is -0.538. The lowest BCUT2D eigenvalue weighted by Crippen LogP contribution is -2.34. The molecule has 1 heterocycles. The van der Waals surface area contributed by atoms with Gasteiger partial charge in [0.2, 0.25) is 5.89 Å². The Bertz CT molecular complexity index is 1300. The van der Waals surface area contributed by atoms with Crippen molar-refractivity contribution in [1.29, 1.82) is 0 Å². The van der Waals surface area contributed by atoms with Crippen LogP contribution in [0.1, 0.15) is 10.4 Å². The molecule has 32 heavy (non-hydrogen) atoms. The van der Waals surface area contributed by atoms with Crippen molar-refractivity contribution >= 4 is 45.7 Å². The Morgan fingerprint density at radius 2 is 1.88 bits per heavy atom. The molecule has 0 aliphatic rings. The summed E-state index contributed by atoms with van der Waals surface area (Å²) in [4.78, 5) is 27.1. The predicted octanol–water partition coefficient (Wildman–Crippen LogP) is 4.54. The first-order valence-electron chi connectivity index (χ1n) is 9.35. The molecule has 0 bridgehead atoms. The summed E-state index contributed by atoms with van der Waals surface area (Å²) in [7, 11) is 1.51. The number of non-ortho nitro benzene ring substituents is 1. The second-order valence-corrected chi connectivity index (χ2v) is 7.02. The Kier molecular flexibility index (Phi) is 5.77. The molecule has 0 spiro atoms. The van der Waals surface area contributed by atoms with Crippen molar-refractivity contribution in [2.24, 2.45) is 0 Å². The van der Waals surface area contributed by atoms with Crippen molar-refractivity contribution in [2.45, 2.75) is 0 Å². The minimum absolute atomic E-state index is 0.0290. The standard InChI is InChI=1S/C22H16N4O5S/c1-30-18-11-8-14(21-23-16-4-2-3-5-19(16)31-21)12-17(18)24-22(32)25-20(27)13-6-9-15(10-7-13)26(28)29/h2-12H,1H3,(H2,24,25,27,32). The summed E-state index contributed by atoms with van der Waals surface area (Å²) in [5.74, 6) is 0.418. The molecule has 1 aromatic heterocycles. The van der Waals surface area contributed by atoms with E-state index < -0.39 is 10.8 Å². The van der Waals surface area contributed by atoms with Crippen LogP contribution in [0.15, 0.2) is 71.1 Å². The van der Waals surface area contributed by atoms with Crippen molar-refractivity contribution in [3.05, 3.63) is 82.4 Å². The van der Waals surface area contributed by atoms with Crippen LogP contribution in [-0.2, 0) is 0 Å². The smallest absolute Gasteiger partial charge is 0.269 e. The molecule has 0 atom stereocenters. The zero-order valence-corrected chi connectivity index (χ0v) is 17.5. The first-order valence-corrected chi connectivity index (χ1v) is 9.76. The number of aromatic nitrogens is 1. The van der Waals surface area contributed by atoms with E-state index in [4.69, 9.17) is 21.4 Å². The lowest BCUT2D eigenvalue weighted by atomic mass is 10.2. The summed E-state index contributed by atoms with van der Waals surface area (Å²) in [6.45, 7) is 0. The maximum atomic E-state index is 12.4. The van der Waals surface area contributed by atoms with Crippen LogP contribution >= 0.6 is 12.2 Å². The number of carbonyl (C=O) groups excluding carboxylic acids is 1. The van der Waals surface area contributed by atoms with Gasteiger partial charge in [0.25, 0.3) is 11.6 Å². The first-order chi connectivity index (χ1) is 15.4. The van der Waals surface area contributed by atoms with E-state index in [1.54, 1.807) is 18.2 Å².